The highest BCUT2D eigenvalue weighted by molar-refractivity contribution is 5.55. The van der Waals surface area contributed by atoms with E-state index in [0.717, 1.165) is 5.69 Å². The van der Waals surface area contributed by atoms with Crippen molar-refractivity contribution in [2.24, 2.45) is 0 Å². The van der Waals surface area contributed by atoms with Crippen molar-refractivity contribution in [2.75, 3.05) is 12.8 Å². The summed E-state index contributed by atoms with van der Waals surface area (Å²) in [5.74, 6) is 1.16. The van der Waals surface area contributed by atoms with E-state index in [1.807, 2.05) is 6.07 Å². The summed E-state index contributed by atoms with van der Waals surface area (Å²) in [6, 6.07) is 7.18. The lowest BCUT2D eigenvalue weighted by Gasteiger charge is -2.06. The Morgan fingerprint density at radius 3 is 2.60 bits per heavy atom. The summed E-state index contributed by atoms with van der Waals surface area (Å²) in [6.07, 6.45) is 4.71. The molecule has 0 bridgehead atoms. The first kappa shape index (κ1) is 12.1. The maximum Gasteiger partial charge on any atom is 0.213 e. The Bertz CT molecular complexity index is 704. The molecule has 0 saturated carbocycles. The van der Waals surface area contributed by atoms with E-state index < -0.39 is 0 Å². The van der Waals surface area contributed by atoms with Gasteiger partial charge in [-0.1, -0.05) is 0 Å². The van der Waals surface area contributed by atoms with Gasteiger partial charge in [0.05, 0.1) is 30.9 Å². The monoisotopic (exact) mass is 268 g/mol. The molecule has 0 amide bonds. The van der Waals surface area contributed by atoms with Crippen molar-refractivity contribution in [1.29, 1.82) is 0 Å². The second-order valence-electron chi connectivity index (χ2n) is 4.03. The smallest absolute Gasteiger partial charge is 0.213 e. The van der Waals surface area contributed by atoms with E-state index in [4.69, 9.17) is 10.5 Å². The summed E-state index contributed by atoms with van der Waals surface area (Å²) in [5, 5.41) is 4.19. The molecule has 0 aliphatic carbocycles. The van der Waals surface area contributed by atoms with Gasteiger partial charge in [-0.15, -0.1) is 0 Å². The standard InChI is InChI=1S/C13H12N6O/c1-20-12-5-3-10(7-16-12)19-13(17-8-18-19)11-4-2-9(14)6-15-11/h2-8H,14H2,1H3. The van der Waals surface area contributed by atoms with Gasteiger partial charge in [0.15, 0.2) is 5.82 Å². The van der Waals surface area contributed by atoms with Crippen LogP contribution in [0, 0.1) is 0 Å². The van der Waals surface area contributed by atoms with E-state index in [0.29, 0.717) is 23.1 Å². The van der Waals surface area contributed by atoms with Crippen LogP contribution in [0.25, 0.3) is 17.2 Å². The number of hydrogen-bond donors (Lipinski definition) is 1. The van der Waals surface area contributed by atoms with Crippen molar-refractivity contribution in [3.63, 3.8) is 0 Å². The maximum atomic E-state index is 5.63. The lowest BCUT2D eigenvalue weighted by atomic mass is 10.3. The highest BCUT2D eigenvalue weighted by Crippen LogP contribution is 2.19. The first-order valence-corrected chi connectivity index (χ1v) is 5.90. The van der Waals surface area contributed by atoms with Crippen LogP contribution in [0.15, 0.2) is 43.0 Å². The van der Waals surface area contributed by atoms with Crippen LogP contribution in [0.4, 0.5) is 5.69 Å². The molecule has 0 radical (unpaired) electrons. The van der Waals surface area contributed by atoms with E-state index in [2.05, 4.69) is 20.1 Å². The van der Waals surface area contributed by atoms with Crippen LogP contribution < -0.4 is 10.5 Å². The van der Waals surface area contributed by atoms with Crippen molar-refractivity contribution in [1.82, 2.24) is 24.7 Å². The van der Waals surface area contributed by atoms with Gasteiger partial charge in [0.25, 0.3) is 0 Å². The molecule has 0 unspecified atom stereocenters. The first-order valence-electron chi connectivity index (χ1n) is 5.90. The average Bonchev–Trinajstić information content (AvgIpc) is 2.97. The molecule has 7 nitrogen and oxygen atoms in total. The normalized spacial score (nSPS) is 10.4. The number of nitrogens with two attached hydrogens (primary N) is 1. The van der Waals surface area contributed by atoms with E-state index in [1.165, 1.54) is 6.33 Å². The van der Waals surface area contributed by atoms with Crippen LogP contribution >= 0.6 is 0 Å². The minimum atomic E-state index is 0.543. The molecule has 0 aromatic carbocycles. The SMILES string of the molecule is COc1ccc(-n2ncnc2-c2ccc(N)cn2)cn1. The number of nitrogen functional groups attached to an aromatic ring is 1. The third-order valence-corrected chi connectivity index (χ3v) is 2.74. The van der Waals surface area contributed by atoms with Crippen LogP contribution in [0.2, 0.25) is 0 Å². The van der Waals surface area contributed by atoms with Gasteiger partial charge in [0.1, 0.15) is 12.0 Å². The molecule has 20 heavy (non-hydrogen) atoms. The number of anilines is 1. The van der Waals surface area contributed by atoms with Gasteiger partial charge >= 0.3 is 0 Å². The van der Waals surface area contributed by atoms with E-state index in [-0.39, 0.29) is 0 Å². The lowest BCUT2D eigenvalue weighted by Crippen LogP contribution is -2.02. The van der Waals surface area contributed by atoms with E-state index in [1.54, 1.807) is 42.4 Å². The van der Waals surface area contributed by atoms with Crippen LogP contribution in [0.5, 0.6) is 5.88 Å². The molecule has 0 saturated heterocycles. The average molecular weight is 268 g/mol. The number of rotatable bonds is 3. The fraction of sp³-hybridized carbons (Fsp3) is 0.0769. The topological polar surface area (TPSA) is 91.7 Å². The van der Waals surface area contributed by atoms with Gasteiger partial charge in [0.2, 0.25) is 5.88 Å². The fourth-order valence-electron chi connectivity index (χ4n) is 1.76. The predicted octanol–water partition coefficient (Wildman–Crippen LogP) is 1.32. The number of methoxy groups -OCH3 is 1. The zero-order chi connectivity index (χ0) is 13.9. The maximum absolute atomic E-state index is 5.63. The molecule has 3 aromatic rings. The molecule has 0 aliphatic heterocycles. The number of ether oxygens (including phenoxy) is 1. The summed E-state index contributed by atoms with van der Waals surface area (Å²) in [6.45, 7) is 0. The summed E-state index contributed by atoms with van der Waals surface area (Å²) in [7, 11) is 1.57. The molecule has 0 fully saturated rings. The van der Waals surface area contributed by atoms with Crippen LogP contribution in [0.3, 0.4) is 0 Å². The van der Waals surface area contributed by atoms with Crippen molar-refractivity contribution in [3.8, 4) is 23.1 Å². The number of pyridine rings is 2. The van der Waals surface area contributed by atoms with Crippen molar-refractivity contribution < 1.29 is 4.74 Å². The van der Waals surface area contributed by atoms with E-state index in [9.17, 15) is 0 Å². The van der Waals surface area contributed by atoms with Crippen LogP contribution in [0.1, 0.15) is 0 Å². The van der Waals surface area contributed by atoms with Gasteiger partial charge in [-0.2, -0.15) is 5.10 Å². The van der Waals surface area contributed by atoms with E-state index >= 15 is 0 Å². The molecular weight excluding hydrogens is 256 g/mol. The van der Waals surface area contributed by atoms with Crippen LogP contribution in [-0.4, -0.2) is 31.8 Å². The molecule has 3 aromatic heterocycles. The minimum Gasteiger partial charge on any atom is -0.481 e. The Morgan fingerprint density at radius 2 is 1.95 bits per heavy atom. The molecule has 2 N–H and O–H groups in total. The largest absolute Gasteiger partial charge is 0.481 e. The van der Waals surface area contributed by atoms with Gasteiger partial charge in [-0.25, -0.2) is 14.6 Å². The van der Waals surface area contributed by atoms with Crippen molar-refractivity contribution in [2.45, 2.75) is 0 Å². The number of nitrogens with zero attached hydrogens (tertiary/aromatic N) is 5. The van der Waals surface area contributed by atoms with Crippen molar-refractivity contribution in [3.05, 3.63) is 43.0 Å². The Balaban J connectivity index is 2.02. The number of hydrogen-bond acceptors (Lipinski definition) is 6. The van der Waals surface area contributed by atoms with Gasteiger partial charge in [0, 0.05) is 6.07 Å². The number of aromatic nitrogens is 5. The van der Waals surface area contributed by atoms with Gasteiger partial charge in [-0.3, -0.25) is 4.98 Å². The third-order valence-electron chi connectivity index (χ3n) is 2.74. The zero-order valence-electron chi connectivity index (χ0n) is 10.8. The van der Waals surface area contributed by atoms with Crippen LogP contribution in [-0.2, 0) is 0 Å². The third kappa shape index (κ3) is 2.16. The summed E-state index contributed by atoms with van der Waals surface area (Å²) in [5.41, 5.74) is 7.70. The Kier molecular flexibility index (Phi) is 3.00. The summed E-state index contributed by atoms with van der Waals surface area (Å²) < 4.78 is 6.69. The zero-order valence-corrected chi connectivity index (χ0v) is 10.8. The predicted molar refractivity (Wildman–Crippen MR) is 73.3 cm³/mol. The second-order valence-corrected chi connectivity index (χ2v) is 4.03. The first-order chi connectivity index (χ1) is 9.78. The summed E-state index contributed by atoms with van der Waals surface area (Å²) in [4.78, 5) is 12.6. The quantitative estimate of drug-likeness (QED) is 0.770. The highest BCUT2D eigenvalue weighted by Gasteiger charge is 2.10. The van der Waals surface area contributed by atoms with Crippen molar-refractivity contribution >= 4 is 5.69 Å². The van der Waals surface area contributed by atoms with Gasteiger partial charge in [-0.05, 0) is 18.2 Å². The lowest BCUT2D eigenvalue weighted by molar-refractivity contribution is 0.397. The molecule has 0 spiro atoms. The second kappa shape index (κ2) is 4.96. The van der Waals surface area contributed by atoms with Gasteiger partial charge < -0.3 is 10.5 Å². The molecular formula is C13H12N6O. The molecule has 100 valence electrons. The Morgan fingerprint density at radius 1 is 1.05 bits per heavy atom. The Labute approximate surface area is 115 Å². The fourth-order valence-corrected chi connectivity index (χ4v) is 1.76. The Hall–Kier alpha value is -2.96. The molecule has 3 heterocycles. The minimum absolute atomic E-state index is 0.543. The molecule has 0 atom stereocenters. The molecule has 7 heteroatoms. The summed E-state index contributed by atoms with van der Waals surface area (Å²) >= 11 is 0. The molecule has 0 aliphatic rings. The molecule has 3 rings (SSSR count). The highest BCUT2D eigenvalue weighted by atomic mass is 16.5.